The monoisotopic (exact) mass is 344 g/mol. The highest BCUT2D eigenvalue weighted by Gasteiger charge is 2.28. The fourth-order valence-corrected chi connectivity index (χ4v) is 3.77. The first kappa shape index (κ1) is 16.3. The van der Waals surface area contributed by atoms with E-state index < -0.39 is 0 Å². The second-order valence-corrected chi connectivity index (χ2v) is 6.80. The lowest BCUT2D eigenvalue weighted by Gasteiger charge is -2.32. The van der Waals surface area contributed by atoms with E-state index in [1.54, 1.807) is 24.3 Å². The molecule has 1 fully saturated rings. The number of hydrogen-bond acceptors (Lipinski definition) is 3. The molecule has 1 unspecified atom stereocenters. The van der Waals surface area contributed by atoms with E-state index in [1.807, 2.05) is 30.1 Å². The van der Waals surface area contributed by atoms with Crippen LogP contribution in [0.25, 0.3) is 11.0 Å². The molecule has 5 nitrogen and oxygen atoms in total. The first-order valence-corrected chi connectivity index (χ1v) is 8.88. The van der Waals surface area contributed by atoms with Gasteiger partial charge in [0.05, 0.1) is 22.7 Å². The topological polar surface area (TPSA) is 61.9 Å². The van der Waals surface area contributed by atoms with Crippen molar-refractivity contribution in [1.29, 1.82) is 5.26 Å². The fraction of sp³-hybridized carbons (Fsp3) is 0.286. The van der Waals surface area contributed by atoms with Gasteiger partial charge in [-0.2, -0.15) is 5.26 Å². The molecular formula is C21H20N4O. The molecule has 1 atom stereocenters. The highest BCUT2D eigenvalue weighted by Crippen LogP contribution is 2.29. The van der Waals surface area contributed by atoms with Crippen molar-refractivity contribution in [3.05, 3.63) is 65.5 Å². The van der Waals surface area contributed by atoms with Crippen LogP contribution in [-0.2, 0) is 7.05 Å². The van der Waals surface area contributed by atoms with Crippen molar-refractivity contribution in [2.24, 2.45) is 7.05 Å². The molecule has 0 N–H and O–H groups in total. The molecule has 130 valence electrons. The highest BCUT2D eigenvalue weighted by molar-refractivity contribution is 5.94. The second kappa shape index (κ2) is 6.64. The Kier molecular flexibility index (Phi) is 4.18. The third-order valence-electron chi connectivity index (χ3n) is 5.16. The van der Waals surface area contributed by atoms with Gasteiger partial charge in [0.1, 0.15) is 5.82 Å². The molecule has 0 radical (unpaired) electrons. The maximum atomic E-state index is 12.8. The molecule has 0 aliphatic carbocycles. The number of imidazole rings is 1. The lowest BCUT2D eigenvalue weighted by Crippen LogP contribution is -2.39. The molecule has 26 heavy (non-hydrogen) atoms. The van der Waals surface area contributed by atoms with Gasteiger partial charge < -0.3 is 9.47 Å². The number of aromatic nitrogens is 2. The number of amides is 1. The summed E-state index contributed by atoms with van der Waals surface area (Å²) in [7, 11) is 2.05. The Balaban J connectivity index is 1.57. The first-order valence-electron chi connectivity index (χ1n) is 8.88. The quantitative estimate of drug-likeness (QED) is 0.715. The molecule has 1 aromatic heterocycles. The summed E-state index contributed by atoms with van der Waals surface area (Å²) in [5.41, 5.74) is 3.33. The molecule has 3 aromatic rings. The predicted octanol–water partition coefficient (Wildman–Crippen LogP) is 3.46. The van der Waals surface area contributed by atoms with Gasteiger partial charge in [-0.1, -0.05) is 12.1 Å². The standard InChI is InChI=1S/C21H20N4O/c1-24-19-7-3-2-6-18(19)23-20(24)17-5-4-12-25(14-17)21(26)16-10-8-15(13-22)9-11-16/h2-3,6-11,17H,4-5,12,14H2,1H3. The number of aryl methyl sites for hydroxylation is 1. The van der Waals surface area contributed by atoms with Gasteiger partial charge in [0.2, 0.25) is 0 Å². The summed E-state index contributed by atoms with van der Waals surface area (Å²) in [4.78, 5) is 19.6. The molecule has 1 amide bonds. The minimum absolute atomic E-state index is 0.0259. The molecule has 0 spiro atoms. The Hall–Kier alpha value is -3.13. The minimum Gasteiger partial charge on any atom is -0.338 e. The Labute approximate surface area is 152 Å². The average Bonchev–Trinajstić information content (AvgIpc) is 3.04. The minimum atomic E-state index is 0.0259. The van der Waals surface area contributed by atoms with Crippen molar-refractivity contribution < 1.29 is 4.79 Å². The average molecular weight is 344 g/mol. The number of likely N-dealkylation sites (tertiary alicyclic amines) is 1. The molecule has 0 bridgehead atoms. The molecule has 1 aliphatic heterocycles. The smallest absolute Gasteiger partial charge is 0.253 e. The van der Waals surface area contributed by atoms with E-state index >= 15 is 0 Å². The number of carbonyl (C=O) groups is 1. The number of piperidine rings is 1. The van der Waals surface area contributed by atoms with Gasteiger partial charge >= 0.3 is 0 Å². The Bertz CT molecular complexity index is 997. The van der Waals surface area contributed by atoms with Crippen LogP contribution in [-0.4, -0.2) is 33.4 Å². The number of carbonyl (C=O) groups excluding carboxylic acids is 1. The van der Waals surface area contributed by atoms with E-state index in [4.69, 9.17) is 10.2 Å². The van der Waals surface area contributed by atoms with Crippen LogP contribution >= 0.6 is 0 Å². The van der Waals surface area contributed by atoms with Crippen LogP contribution in [0.2, 0.25) is 0 Å². The van der Waals surface area contributed by atoms with Crippen LogP contribution in [0.1, 0.15) is 40.5 Å². The first-order chi connectivity index (χ1) is 12.7. The van der Waals surface area contributed by atoms with Gasteiger partial charge in [-0.25, -0.2) is 4.98 Å². The zero-order chi connectivity index (χ0) is 18.1. The summed E-state index contributed by atoms with van der Waals surface area (Å²) in [5, 5.41) is 8.91. The summed E-state index contributed by atoms with van der Waals surface area (Å²) in [6.07, 6.45) is 2.00. The van der Waals surface area contributed by atoms with Crippen LogP contribution in [0.4, 0.5) is 0 Å². The maximum absolute atomic E-state index is 12.8. The summed E-state index contributed by atoms with van der Waals surface area (Å²) >= 11 is 0. The van der Waals surface area contributed by atoms with Crippen LogP contribution < -0.4 is 0 Å². The number of fused-ring (bicyclic) bond motifs is 1. The Morgan fingerprint density at radius 1 is 1.19 bits per heavy atom. The summed E-state index contributed by atoms with van der Waals surface area (Å²) in [6.45, 7) is 1.44. The normalized spacial score (nSPS) is 17.2. The zero-order valence-electron chi connectivity index (χ0n) is 14.7. The molecular weight excluding hydrogens is 324 g/mol. The van der Waals surface area contributed by atoms with E-state index in [9.17, 15) is 4.79 Å². The third kappa shape index (κ3) is 2.84. The largest absolute Gasteiger partial charge is 0.338 e. The number of para-hydroxylation sites is 2. The zero-order valence-corrected chi connectivity index (χ0v) is 14.7. The van der Waals surface area contributed by atoms with Crippen LogP contribution in [0.5, 0.6) is 0 Å². The molecule has 0 saturated carbocycles. The van der Waals surface area contributed by atoms with Crippen LogP contribution in [0.3, 0.4) is 0 Å². The number of benzene rings is 2. The van der Waals surface area contributed by atoms with E-state index in [1.165, 1.54) is 0 Å². The Morgan fingerprint density at radius 3 is 2.69 bits per heavy atom. The number of nitrogens with zero attached hydrogens (tertiary/aromatic N) is 4. The van der Waals surface area contributed by atoms with E-state index in [-0.39, 0.29) is 11.8 Å². The van der Waals surface area contributed by atoms with Gasteiger partial charge in [-0.05, 0) is 49.2 Å². The van der Waals surface area contributed by atoms with Gasteiger partial charge in [0.25, 0.3) is 5.91 Å². The molecule has 1 saturated heterocycles. The van der Waals surface area contributed by atoms with Gasteiger partial charge in [0, 0.05) is 31.6 Å². The van der Waals surface area contributed by atoms with Crippen molar-refractivity contribution >= 4 is 16.9 Å². The molecule has 5 heteroatoms. The van der Waals surface area contributed by atoms with E-state index in [0.717, 1.165) is 36.2 Å². The second-order valence-electron chi connectivity index (χ2n) is 6.80. The van der Waals surface area contributed by atoms with Gasteiger partial charge in [-0.3, -0.25) is 4.79 Å². The van der Waals surface area contributed by atoms with Crippen LogP contribution in [0.15, 0.2) is 48.5 Å². The van der Waals surface area contributed by atoms with Gasteiger partial charge in [-0.15, -0.1) is 0 Å². The Morgan fingerprint density at radius 2 is 1.96 bits per heavy atom. The van der Waals surface area contributed by atoms with Gasteiger partial charge in [0.15, 0.2) is 0 Å². The van der Waals surface area contributed by atoms with E-state index in [0.29, 0.717) is 17.7 Å². The summed E-state index contributed by atoms with van der Waals surface area (Å²) < 4.78 is 2.15. The van der Waals surface area contributed by atoms with Crippen LogP contribution in [0, 0.1) is 11.3 Å². The van der Waals surface area contributed by atoms with Crippen molar-refractivity contribution in [2.75, 3.05) is 13.1 Å². The maximum Gasteiger partial charge on any atom is 0.253 e. The highest BCUT2D eigenvalue weighted by atomic mass is 16.2. The fourth-order valence-electron chi connectivity index (χ4n) is 3.77. The van der Waals surface area contributed by atoms with Crippen molar-refractivity contribution in [2.45, 2.75) is 18.8 Å². The SMILES string of the molecule is Cn1c(C2CCCN(C(=O)c3ccc(C#N)cc3)C2)nc2ccccc21. The van der Waals surface area contributed by atoms with Crippen molar-refractivity contribution in [3.63, 3.8) is 0 Å². The summed E-state index contributed by atoms with van der Waals surface area (Å²) in [6, 6.07) is 17.1. The number of rotatable bonds is 2. The molecule has 2 heterocycles. The summed E-state index contributed by atoms with van der Waals surface area (Å²) in [5.74, 6) is 1.31. The van der Waals surface area contributed by atoms with E-state index in [2.05, 4.69) is 16.7 Å². The predicted molar refractivity (Wildman–Crippen MR) is 99.7 cm³/mol. The molecule has 1 aliphatic rings. The molecule has 2 aromatic carbocycles. The number of nitriles is 1. The lowest BCUT2D eigenvalue weighted by molar-refractivity contribution is 0.0704. The van der Waals surface area contributed by atoms with Crippen molar-refractivity contribution in [1.82, 2.24) is 14.5 Å². The number of hydrogen-bond donors (Lipinski definition) is 0. The van der Waals surface area contributed by atoms with Crippen molar-refractivity contribution in [3.8, 4) is 6.07 Å². The molecule has 4 rings (SSSR count). The lowest BCUT2D eigenvalue weighted by atomic mass is 9.96. The third-order valence-corrected chi connectivity index (χ3v) is 5.16.